The van der Waals surface area contributed by atoms with E-state index in [0.717, 1.165) is 11.1 Å². The van der Waals surface area contributed by atoms with Gasteiger partial charge < -0.3 is 14.8 Å². The number of imide groups is 1. The second-order valence-corrected chi connectivity index (χ2v) is 5.26. The molecule has 0 saturated heterocycles. The van der Waals surface area contributed by atoms with Gasteiger partial charge in [0.2, 0.25) is 0 Å². The lowest BCUT2D eigenvalue weighted by Crippen LogP contribution is -2.40. The lowest BCUT2D eigenvalue weighted by molar-refractivity contribution is -0.150. The van der Waals surface area contributed by atoms with E-state index in [-0.39, 0.29) is 6.61 Å². The number of carbonyl (C=O) groups excluding carboxylic acids is 3. The van der Waals surface area contributed by atoms with Gasteiger partial charge in [-0.15, -0.1) is 0 Å². The van der Waals surface area contributed by atoms with Crippen molar-refractivity contribution in [3.63, 3.8) is 0 Å². The van der Waals surface area contributed by atoms with Gasteiger partial charge in [0.05, 0.1) is 0 Å². The maximum atomic E-state index is 11.6. The third kappa shape index (κ3) is 6.37. The molecule has 1 rings (SSSR count). The van der Waals surface area contributed by atoms with Crippen molar-refractivity contribution in [2.24, 2.45) is 0 Å². The highest BCUT2D eigenvalue weighted by Gasteiger charge is 2.12. The van der Waals surface area contributed by atoms with Crippen LogP contribution >= 0.6 is 0 Å². The smallest absolute Gasteiger partial charge is 0.344 e. The fourth-order valence-electron chi connectivity index (χ4n) is 1.68. The first kappa shape index (κ1) is 18.5. The molecule has 0 radical (unpaired) electrons. The van der Waals surface area contributed by atoms with E-state index in [0.29, 0.717) is 11.7 Å². The molecule has 0 aliphatic rings. The molecular formula is C16H22N2O5. The Morgan fingerprint density at radius 1 is 1.17 bits per heavy atom. The van der Waals surface area contributed by atoms with Crippen LogP contribution in [0.25, 0.3) is 0 Å². The molecular weight excluding hydrogens is 300 g/mol. The summed E-state index contributed by atoms with van der Waals surface area (Å²) in [6.45, 7) is 5.15. The number of benzene rings is 1. The molecule has 23 heavy (non-hydrogen) atoms. The van der Waals surface area contributed by atoms with Crippen LogP contribution in [0, 0.1) is 6.92 Å². The molecule has 1 aromatic rings. The van der Waals surface area contributed by atoms with E-state index < -0.39 is 24.5 Å². The summed E-state index contributed by atoms with van der Waals surface area (Å²) in [4.78, 5) is 33.7. The SMILES string of the molecule is CNC(=O)NC(=O)COC(=O)COc1cc(C(C)C)ccc1C. The van der Waals surface area contributed by atoms with Crippen LogP contribution in [0.2, 0.25) is 0 Å². The van der Waals surface area contributed by atoms with Gasteiger partial charge in [-0.3, -0.25) is 10.1 Å². The van der Waals surface area contributed by atoms with Gasteiger partial charge in [0.25, 0.3) is 5.91 Å². The van der Waals surface area contributed by atoms with Crippen LogP contribution in [0.5, 0.6) is 5.75 Å². The number of rotatable bonds is 6. The number of hydrogen-bond acceptors (Lipinski definition) is 5. The summed E-state index contributed by atoms with van der Waals surface area (Å²) >= 11 is 0. The summed E-state index contributed by atoms with van der Waals surface area (Å²) in [5, 5.41) is 4.20. The van der Waals surface area contributed by atoms with Crippen molar-refractivity contribution in [1.82, 2.24) is 10.6 Å². The number of urea groups is 1. The Kier molecular flexibility index (Phi) is 7.05. The van der Waals surface area contributed by atoms with E-state index in [1.165, 1.54) is 7.05 Å². The van der Waals surface area contributed by atoms with Crippen molar-refractivity contribution in [2.45, 2.75) is 26.7 Å². The monoisotopic (exact) mass is 322 g/mol. The first-order valence-corrected chi connectivity index (χ1v) is 7.24. The van der Waals surface area contributed by atoms with Gasteiger partial charge in [-0.05, 0) is 30.0 Å². The highest BCUT2D eigenvalue weighted by Crippen LogP contribution is 2.24. The predicted octanol–water partition coefficient (Wildman–Crippen LogP) is 1.50. The van der Waals surface area contributed by atoms with Gasteiger partial charge in [0.1, 0.15) is 5.75 Å². The molecule has 0 aliphatic heterocycles. The molecule has 0 fully saturated rings. The Morgan fingerprint density at radius 2 is 1.87 bits per heavy atom. The molecule has 0 aliphatic carbocycles. The van der Waals surface area contributed by atoms with Crippen LogP contribution in [0.1, 0.15) is 30.9 Å². The van der Waals surface area contributed by atoms with E-state index >= 15 is 0 Å². The van der Waals surface area contributed by atoms with E-state index in [1.807, 2.05) is 30.4 Å². The van der Waals surface area contributed by atoms with Gasteiger partial charge in [0.15, 0.2) is 13.2 Å². The number of amides is 3. The summed E-state index contributed by atoms with van der Waals surface area (Å²) in [6.07, 6.45) is 0. The molecule has 0 atom stereocenters. The summed E-state index contributed by atoms with van der Waals surface area (Å²) in [7, 11) is 1.37. The quantitative estimate of drug-likeness (QED) is 0.774. The zero-order valence-corrected chi connectivity index (χ0v) is 13.8. The van der Waals surface area contributed by atoms with Crippen LogP contribution < -0.4 is 15.4 Å². The number of aryl methyl sites for hydroxylation is 1. The van der Waals surface area contributed by atoms with Crippen molar-refractivity contribution in [3.05, 3.63) is 29.3 Å². The molecule has 0 unspecified atom stereocenters. The number of nitrogens with one attached hydrogen (secondary N) is 2. The van der Waals surface area contributed by atoms with Gasteiger partial charge >= 0.3 is 12.0 Å². The largest absolute Gasteiger partial charge is 0.482 e. The topological polar surface area (TPSA) is 93.7 Å². The standard InChI is InChI=1S/C16H22N2O5/c1-10(2)12-6-5-11(3)13(7-12)22-9-15(20)23-8-14(19)18-16(21)17-4/h5-7,10H,8-9H2,1-4H3,(H2,17,18,19,21). The molecule has 0 saturated carbocycles. The lowest BCUT2D eigenvalue weighted by atomic mass is 10.0. The first-order valence-electron chi connectivity index (χ1n) is 7.24. The Labute approximate surface area is 135 Å². The number of hydrogen-bond donors (Lipinski definition) is 2. The van der Waals surface area contributed by atoms with E-state index in [4.69, 9.17) is 9.47 Å². The highest BCUT2D eigenvalue weighted by molar-refractivity contribution is 5.95. The number of ether oxygens (including phenoxy) is 2. The minimum absolute atomic E-state index is 0.310. The molecule has 1 aromatic carbocycles. The summed E-state index contributed by atoms with van der Waals surface area (Å²) in [6, 6.07) is 5.15. The van der Waals surface area contributed by atoms with Gasteiger partial charge in [-0.2, -0.15) is 0 Å². The van der Waals surface area contributed by atoms with Gasteiger partial charge in [0, 0.05) is 7.05 Å². The Balaban J connectivity index is 2.46. The molecule has 0 spiro atoms. The van der Waals surface area contributed by atoms with Crippen molar-refractivity contribution in [1.29, 1.82) is 0 Å². The zero-order chi connectivity index (χ0) is 17.4. The molecule has 0 bridgehead atoms. The molecule has 126 valence electrons. The Bertz CT molecular complexity index is 584. The van der Waals surface area contributed by atoms with E-state index in [2.05, 4.69) is 19.2 Å². The minimum atomic E-state index is -0.712. The van der Waals surface area contributed by atoms with Crippen molar-refractivity contribution >= 4 is 17.9 Å². The van der Waals surface area contributed by atoms with Gasteiger partial charge in [-0.25, -0.2) is 9.59 Å². The fraction of sp³-hybridized carbons (Fsp3) is 0.438. The lowest BCUT2D eigenvalue weighted by Gasteiger charge is -2.12. The molecule has 3 amide bonds. The van der Waals surface area contributed by atoms with Crippen LogP contribution in [-0.4, -0.2) is 38.2 Å². The number of esters is 1. The van der Waals surface area contributed by atoms with E-state index in [9.17, 15) is 14.4 Å². The maximum absolute atomic E-state index is 11.6. The third-order valence-electron chi connectivity index (χ3n) is 3.07. The maximum Gasteiger partial charge on any atom is 0.344 e. The van der Waals surface area contributed by atoms with Crippen LogP contribution in [-0.2, 0) is 14.3 Å². The normalized spacial score (nSPS) is 10.1. The minimum Gasteiger partial charge on any atom is -0.482 e. The second-order valence-electron chi connectivity index (χ2n) is 5.26. The summed E-state index contributed by atoms with van der Waals surface area (Å²) < 4.78 is 10.2. The predicted molar refractivity (Wildman–Crippen MR) is 84.3 cm³/mol. The Morgan fingerprint density at radius 3 is 2.48 bits per heavy atom. The van der Waals surface area contributed by atoms with Gasteiger partial charge in [-0.1, -0.05) is 26.0 Å². The summed E-state index contributed by atoms with van der Waals surface area (Å²) in [5.41, 5.74) is 2.00. The van der Waals surface area contributed by atoms with E-state index in [1.54, 1.807) is 0 Å². The molecule has 0 aromatic heterocycles. The van der Waals surface area contributed by atoms with Crippen molar-refractivity contribution in [3.8, 4) is 5.75 Å². The molecule has 7 heteroatoms. The molecule has 0 heterocycles. The fourth-order valence-corrected chi connectivity index (χ4v) is 1.68. The van der Waals surface area contributed by atoms with Crippen LogP contribution in [0.4, 0.5) is 4.79 Å². The Hall–Kier alpha value is -2.57. The number of carbonyl (C=O) groups is 3. The van der Waals surface area contributed by atoms with Crippen molar-refractivity contribution in [2.75, 3.05) is 20.3 Å². The second kappa shape index (κ2) is 8.77. The van der Waals surface area contributed by atoms with Crippen LogP contribution in [0.3, 0.4) is 0 Å². The molecule has 7 nitrogen and oxygen atoms in total. The highest BCUT2D eigenvalue weighted by atomic mass is 16.6. The third-order valence-corrected chi connectivity index (χ3v) is 3.07. The average Bonchev–Trinajstić information content (AvgIpc) is 2.51. The average molecular weight is 322 g/mol. The first-order chi connectivity index (χ1) is 10.8. The summed E-state index contributed by atoms with van der Waals surface area (Å²) in [5.74, 6) is -0.455. The molecule has 2 N–H and O–H groups in total. The zero-order valence-electron chi connectivity index (χ0n) is 13.8. The van der Waals surface area contributed by atoms with Crippen LogP contribution in [0.15, 0.2) is 18.2 Å². The van der Waals surface area contributed by atoms with Crippen molar-refractivity contribution < 1.29 is 23.9 Å².